The van der Waals surface area contributed by atoms with Crippen molar-refractivity contribution in [3.8, 4) is 0 Å². The van der Waals surface area contributed by atoms with Crippen molar-refractivity contribution in [2.24, 2.45) is 5.92 Å². The summed E-state index contributed by atoms with van der Waals surface area (Å²) < 4.78 is 5.10. The third kappa shape index (κ3) is 2.11. The molecule has 90 valence electrons. The normalized spacial score (nSPS) is 29.2. The number of likely N-dealkylation sites (tertiary alicyclic amines) is 1. The predicted molar refractivity (Wildman–Crippen MR) is 55.0 cm³/mol. The Hall–Kier alpha value is -1.30. The van der Waals surface area contributed by atoms with Crippen molar-refractivity contribution < 1.29 is 19.4 Å². The van der Waals surface area contributed by atoms with Crippen molar-refractivity contribution in [3.63, 3.8) is 0 Å². The lowest BCUT2D eigenvalue weighted by Gasteiger charge is -2.40. The molecule has 2 amide bonds. The maximum absolute atomic E-state index is 11.6. The summed E-state index contributed by atoms with van der Waals surface area (Å²) in [7, 11) is 1.66. The van der Waals surface area contributed by atoms with Crippen LogP contribution >= 0.6 is 0 Å². The minimum Gasteiger partial charge on any atom is -0.481 e. The average molecular weight is 228 g/mol. The molecule has 1 saturated carbocycles. The largest absolute Gasteiger partial charge is 0.481 e. The van der Waals surface area contributed by atoms with E-state index in [0.29, 0.717) is 13.1 Å². The number of methoxy groups -OCH3 is 1. The Morgan fingerprint density at radius 3 is 2.50 bits per heavy atom. The van der Waals surface area contributed by atoms with Crippen molar-refractivity contribution in [1.82, 2.24) is 10.2 Å². The molecule has 1 aliphatic heterocycles. The first-order valence-electron chi connectivity index (χ1n) is 5.41. The average Bonchev–Trinajstić information content (AvgIpc) is 2.07. The number of amides is 2. The van der Waals surface area contributed by atoms with Crippen molar-refractivity contribution in [2.75, 3.05) is 20.2 Å². The standard InChI is InChI=1S/C10H16N2O4/c1-16-8-2-7(3-8)11-10(15)12-4-6(5-12)9(13)14/h6-8H,2-5H2,1H3,(H,11,15)(H,13,14). The lowest BCUT2D eigenvalue weighted by atomic mass is 9.89. The molecule has 0 aromatic carbocycles. The number of nitrogens with zero attached hydrogens (tertiary/aromatic N) is 1. The molecule has 6 nitrogen and oxygen atoms in total. The maximum atomic E-state index is 11.6. The summed E-state index contributed by atoms with van der Waals surface area (Å²) >= 11 is 0. The van der Waals surface area contributed by atoms with Crippen LogP contribution in [-0.2, 0) is 9.53 Å². The Morgan fingerprint density at radius 1 is 1.38 bits per heavy atom. The summed E-state index contributed by atoms with van der Waals surface area (Å²) in [6.45, 7) is 0.642. The van der Waals surface area contributed by atoms with Crippen molar-refractivity contribution in [2.45, 2.75) is 25.0 Å². The first-order chi connectivity index (χ1) is 7.60. The lowest BCUT2D eigenvalue weighted by Crippen LogP contribution is -2.59. The zero-order valence-corrected chi connectivity index (χ0v) is 9.18. The summed E-state index contributed by atoms with van der Waals surface area (Å²) in [5, 5.41) is 11.5. The summed E-state index contributed by atoms with van der Waals surface area (Å²) in [5.74, 6) is -1.22. The molecule has 0 bridgehead atoms. The van der Waals surface area contributed by atoms with Crippen molar-refractivity contribution >= 4 is 12.0 Å². The van der Waals surface area contributed by atoms with E-state index < -0.39 is 5.97 Å². The van der Waals surface area contributed by atoms with Crippen LogP contribution in [0.3, 0.4) is 0 Å². The van der Waals surface area contributed by atoms with E-state index in [1.165, 1.54) is 4.90 Å². The number of rotatable bonds is 3. The molecule has 0 aromatic rings. The van der Waals surface area contributed by atoms with Crippen LogP contribution in [0.5, 0.6) is 0 Å². The molecule has 2 aliphatic rings. The second-order valence-electron chi connectivity index (χ2n) is 4.42. The lowest BCUT2D eigenvalue weighted by molar-refractivity contribution is -0.146. The highest BCUT2D eigenvalue weighted by Crippen LogP contribution is 2.23. The fraction of sp³-hybridized carbons (Fsp3) is 0.800. The molecule has 0 spiro atoms. The number of carboxylic acids is 1. The number of urea groups is 1. The number of hydrogen-bond donors (Lipinski definition) is 2. The van der Waals surface area contributed by atoms with Crippen LogP contribution in [0.4, 0.5) is 4.79 Å². The molecule has 2 rings (SSSR count). The molecule has 2 N–H and O–H groups in total. The van der Waals surface area contributed by atoms with Crippen LogP contribution in [0.1, 0.15) is 12.8 Å². The molecular formula is C10H16N2O4. The van der Waals surface area contributed by atoms with E-state index in [0.717, 1.165) is 12.8 Å². The molecule has 1 aliphatic carbocycles. The fourth-order valence-corrected chi connectivity index (χ4v) is 1.94. The molecule has 2 fully saturated rings. The van der Waals surface area contributed by atoms with Gasteiger partial charge < -0.3 is 20.1 Å². The van der Waals surface area contributed by atoms with Crippen molar-refractivity contribution in [3.05, 3.63) is 0 Å². The smallest absolute Gasteiger partial charge is 0.317 e. The zero-order valence-electron chi connectivity index (χ0n) is 9.18. The van der Waals surface area contributed by atoms with Gasteiger partial charge in [0, 0.05) is 26.2 Å². The third-order valence-electron chi connectivity index (χ3n) is 3.27. The highest BCUT2D eigenvalue weighted by molar-refractivity contribution is 5.80. The Labute approximate surface area is 93.6 Å². The van der Waals surface area contributed by atoms with Gasteiger partial charge >= 0.3 is 12.0 Å². The highest BCUT2D eigenvalue weighted by Gasteiger charge is 2.38. The number of aliphatic carboxylic acids is 1. The van der Waals surface area contributed by atoms with Gasteiger partial charge in [0.15, 0.2) is 0 Å². The first-order valence-corrected chi connectivity index (χ1v) is 5.41. The van der Waals surface area contributed by atoms with Crippen LogP contribution in [0.15, 0.2) is 0 Å². The highest BCUT2D eigenvalue weighted by atomic mass is 16.5. The van der Waals surface area contributed by atoms with Gasteiger partial charge in [-0.3, -0.25) is 4.79 Å². The van der Waals surface area contributed by atoms with Gasteiger partial charge in [0.05, 0.1) is 12.0 Å². The van der Waals surface area contributed by atoms with Crippen LogP contribution in [0.25, 0.3) is 0 Å². The van der Waals surface area contributed by atoms with Gasteiger partial charge in [-0.05, 0) is 12.8 Å². The van der Waals surface area contributed by atoms with E-state index in [2.05, 4.69) is 5.32 Å². The maximum Gasteiger partial charge on any atom is 0.317 e. The van der Waals surface area contributed by atoms with Gasteiger partial charge in [0.1, 0.15) is 0 Å². The van der Waals surface area contributed by atoms with Gasteiger partial charge in [0.2, 0.25) is 0 Å². The monoisotopic (exact) mass is 228 g/mol. The van der Waals surface area contributed by atoms with Crippen LogP contribution in [0, 0.1) is 5.92 Å². The first kappa shape index (κ1) is 11.2. The van der Waals surface area contributed by atoms with Gasteiger partial charge in [-0.2, -0.15) is 0 Å². The molecule has 0 atom stereocenters. The molecule has 1 heterocycles. The summed E-state index contributed by atoms with van der Waals surface area (Å²) in [6.07, 6.45) is 1.95. The number of carbonyl (C=O) groups is 2. The van der Waals surface area contributed by atoms with Gasteiger partial charge in [-0.15, -0.1) is 0 Å². The molecule has 0 aromatic heterocycles. The predicted octanol–water partition coefficient (Wildman–Crippen LogP) is -0.110. The van der Waals surface area contributed by atoms with E-state index in [1.807, 2.05) is 0 Å². The number of ether oxygens (including phenoxy) is 1. The van der Waals surface area contributed by atoms with Crippen LogP contribution in [-0.4, -0.2) is 54.4 Å². The Bertz CT molecular complexity index is 295. The SMILES string of the molecule is COC1CC(NC(=O)N2CC(C(=O)O)C2)C1. The number of nitrogens with one attached hydrogen (secondary N) is 1. The van der Waals surface area contributed by atoms with E-state index >= 15 is 0 Å². The second-order valence-corrected chi connectivity index (χ2v) is 4.42. The summed E-state index contributed by atoms with van der Waals surface area (Å²) in [5.41, 5.74) is 0. The molecule has 0 unspecified atom stereocenters. The minimum atomic E-state index is -0.827. The number of carboxylic acid groups (broad SMARTS) is 1. The Balaban J connectivity index is 1.65. The van der Waals surface area contributed by atoms with E-state index in [9.17, 15) is 9.59 Å². The number of carbonyl (C=O) groups excluding carboxylic acids is 1. The second kappa shape index (κ2) is 4.29. The third-order valence-corrected chi connectivity index (χ3v) is 3.27. The van der Waals surface area contributed by atoms with Crippen LogP contribution in [0.2, 0.25) is 0 Å². The van der Waals surface area contributed by atoms with Gasteiger partial charge in [-0.25, -0.2) is 4.79 Å². The van der Waals surface area contributed by atoms with Gasteiger partial charge in [-0.1, -0.05) is 0 Å². The molecule has 0 radical (unpaired) electrons. The molecule has 16 heavy (non-hydrogen) atoms. The molecular weight excluding hydrogens is 212 g/mol. The van der Waals surface area contributed by atoms with Crippen molar-refractivity contribution in [1.29, 1.82) is 0 Å². The molecule has 6 heteroatoms. The zero-order chi connectivity index (χ0) is 11.7. The van der Waals surface area contributed by atoms with E-state index in [1.54, 1.807) is 7.11 Å². The van der Waals surface area contributed by atoms with E-state index in [-0.39, 0.29) is 24.1 Å². The molecule has 1 saturated heterocycles. The van der Waals surface area contributed by atoms with Crippen LogP contribution < -0.4 is 5.32 Å². The van der Waals surface area contributed by atoms with Gasteiger partial charge in [0.25, 0.3) is 0 Å². The van der Waals surface area contributed by atoms with E-state index in [4.69, 9.17) is 9.84 Å². The fourth-order valence-electron chi connectivity index (χ4n) is 1.94. The quantitative estimate of drug-likeness (QED) is 0.706. The minimum absolute atomic E-state index is 0.156. The topological polar surface area (TPSA) is 78.9 Å². The summed E-state index contributed by atoms with van der Waals surface area (Å²) in [4.78, 5) is 23.6. The number of hydrogen-bond acceptors (Lipinski definition) is 3. The Morgan fingerprint density at radius 2 is 2.00 bits per heavy atom. The Kier molecular flexibility index (Phi) is 3.00. The summed E-state index contributed by atoms with van der Waals surface area (Å²) in [6, 6.07) is 0.0263.